The van der Waals surface area contributed by atoms with Crippen molar-refractivity contribution < 1.29 is 9.59 Å². The van der Waals surface area contributed by atoms with E-state index in [4.69, 9.17) is 0 Å². The summed E-state index contributed by atoms with van der Waals surface area (Å²) >= 11 is 0. The van der Waals surface area contributed by atoms with Gasteiger partial charge in [0.1, 0.15) is 0 Å². The molecule has 0 unspecified atom stereocenters. The van der Waals surface area contributed by atoms with Gasteiger partial charge in [0.2, 0.25) is 0 Å². The number of hydrogen-bond acceptors (Lipinski definition) is 5. The summed E-state index contributed by atoms with van der Waals surface area (Å²) in [6.45, 7) is 1.81. The summed E-state index contributed by atoms with van der Waals surface area (Å²) in [6.07, 6.45) is 0. The van der Waals surface area contributed by atoms with Crippen molar-refractivity contribution in [2.24, 2.45) is 0 Å². The fourth-order valence-electron chi connectivity index (χ4n) is 2.31. The molecule has 0 spiro atoms. The Morgan fingerprint density at radius 1 is 1.12 bits per heavy atom. The second kappa shape index (κ2) is 6.91. The number of Topliss-reactive ketones (excluding diaryl/α,β-unsaturated/α-hetero) is 1. The monoisotopic (exact) mass is 337 g/mol. The Kier molecular flexibility index (Phi) is 4.51. The Labute approximate surface area is 142 Å². The average Bonchev–Trinajstić information content (AvgIpc) is 3.06. The normalized spacial score (nSPS) is 10.4. The Morgan fingerprint density at radius 2 is 1.88 bits per heavy atom. The van der Waals surface area contributed by atoms with Crippen LogP contribution in [0.5, 0.6) is 0 Å². The van der Waals surface area contributed by atoms with Crippen LogP contribution >= 0.6 is 0 Å². The summed E-state index contributed by atoms with van der Waals surface area (Å²) in [5.74, 6) is -0.279. The maximum Gasteiger partial charge on any atom is 0.365 e. The quantitative estimate of drug-likeness (QED) is 0.677. The van der Waals surface area contributed by atoms with Gasteiger partial charge in [0.05, 0.1) is 5.69 Å². The zero-order valence-corrected chi connectivity index (χ0v) is 13.4. The predicted octanol–water partition coefficient (Wildman–Crippen LogP) is 1.09. The summed E-state index contributed by atoms with van der Waals surface area (Å²) in [6, 6.07) is 13.5. The highest BCUT2D eigenvalue weighted by Crippen LogP contribution is 2.08. The molecular weight excluding hydrogens is 322 g/mol. The van der Waals surface area contributed by atoms with Gasteiger partial charge >= 0.3 is 5.69 Å². The van der Waals surface area contributed by atoms with E-state index in [1.54, 1.807) is 42.5 Å². The number of carbonyl (C=O) groups excluding carboxylic acids is 2. The van der Waals surface area contributed by atoms with Gasteiger partial charge in [-0.25, -0.2) is 9.89 Å². The lowest BCUT2D eigenvalue weighted by Crippen LogP contribution is -2.23. The molecule has 1 aromatic heterocycles. The molecule has 0 aliphatic rings. The largest absolute Gasteiger partial charge is 0.365 e. The Balaban J connectivity index is 1.67. The van der Waals surface area contributed by atoms with Crippen LogP contribution in [0.4, 0.5) is 0 Å². The van der Waals surface area contributed by atoms with E-state index in [2.05, 4.69) is 20.8 Å². The molecule has 25 heavy (non-hydrogen) atoms. The minimum Gasteiger partial charge on any atom is -0.348 e. The van der Waals surface area contributed by atoms with Crippen LogP contribution in [0.2, 0.25) is 0 Å². The van der Waals surface area contributed by atoms with Gasteiger partial charge in [-0.2, -0.15) is 4.68 Å². The van der Waals surface area contributed by atoms with Crippen LogP contribution < -0.4 is 11.0 Å². The molecular formula is C17H15N5O3. The number of aromatic nitrogens is 4. The van der Waals surface area contributed by atoms with Crippen LogP contribution in [-0.2, 0) is 6.54 Å². The molecule has 0 bridgehead atoms. The molecule has 2 N–H and O–H groups in total. The van der Waals surface area contributed by atoms with Gasteiger partial charge in [-0.1, -0.05) is 18.2 Å². The predicted molar refractivity (Wildman–Crippen MR) is 89.6 cm³/mol. The van der Waals surface area contributed by atoms with E-state index in [0.29, 0.717) is 23.4 Å². The van der Waals surface area contributed by atoms with Crippen molar-refractivity contribution >= 4 is 11.7 Å². The molecule has 1 amide bonds. The van der Waals surface area contributed by atoms with Crippen LogP contribution in [0.1, 0.15) is 33.2 Å². The number of ketones is 1. The van der Waals surface area contributed by atoms with Crippen molar-refractivity contribution in [2.45, 2.75) is 13.5 Å². The first kappa shape index (κ1) is 16.3. The molecule has 8 nitrogen and oxygen atoms in total. The maximum absolute atomic E-state index is 12.2. The average molecular weight is 337 g/mol. The summed E-state index contributed by atoms with van der Waals surface area (Å²) in [4.78, 5) is 35.1. The van der Waals surface area contributed by atoms with E-state index in [1.807, 2.05) is 6.07 Å². The Morgan fingerprint density at radius 3 is 2.52 bits per heavy atom. The van der Waals surface area contributed by atoms with Crippen LogP contribution in [0.3, 0.4) is 0 Å². The number of carbonyl (C=O) groups is 2. The second-order valence-corrected chi connectivity index (χ2v) is 5.40. The second-order valence-electron chi connectivity index (χ2n) is 5.40. The molecule has 0 saturated carbocycles. The standard InChI is InChI=1S/C17H15N5O3/c1-11(23)14-4-2-3-12(9-14)10-18-16(24)13-5-7-15(8-6-13)22-17(25)19-20-21-22/h2-9H,10H2,1H3,(H,18,24)(H,19,21,25). The number of benzene rings is 2. The molecule has 126 valence electrons. The minimum absolute atomic E-state index is 0.0214. The number of H-pyrrole nitrogens is 1. The van der Waals surface area contributed by atoms with Gasteiger partial charge in [-0.3, -0.25) is 9.59 Å². The third kappa shape index (κ3) is 3.69. The molecule has 1 heterocycles. The van der Waals surface area contributed by atoms with Crippen LogP contribution in [0.25, 0.3) is 5.69 Å². The van der Waals surface area contributed by atoms with Crippen LogP contribution in [0, 0.1) is 0 Å². The number of aromatic amines is 1. The highest BCUT2D eigenvalue weighted by Gasteiger charge is 2.08. The van der Waals surface area contributed by atoms with Crippen molar-refractivity contribution in [1.29, 1.82) is 0 Å². The smallest absolute Gasteiger partial charge is 0.348 e. The lowest BCUT2D eigenvalue weighted by molar-refractivity contribution is 0.0950. The topological polar surface area (TPSA) is 110 Å². The lowest BCUT2D eigenvalue weighted by Gasteiger charge is -2.07. The zero-order chi connectivity index (χ0) is 17.8. The molecule has 0 fully saturated rings. The fraction of sp³-hybridized carbons (Fsp3) is 0.118. The van der Waals surface area contributed by atoms with Crippen molar-refractivity contribution in [3.63, 3.8) is 0 Å². The van der Waals surface area contributed by atoms with Crippen molar-refractivity contribution in [3.8, 4) is 5.69 Å². The Hall–Kier alpha value is -3.55. The van der Waals surface area contributed by atoms with Crippen molar-refractivity contribution in [2.75, 3.05) is 0 Å². The summed E-state index contributed by atoms with van der Waals surface area (Å²) in [5, 5.41) is 12.0. The number of nitrogens with one attached hydrogen (secondary N) is 2. The zero-order valence-electron chi connectivity index (χ0n) is 13.4. The van der Waals surface area contributed by atoms with E-state index in [0.717, 1.165) is 10.2 Å². The third-order valence-corrected chi connectivity index (χ3v) is 3.63. The van der Waals surface area contributed by atoms with E-state index >= 15 is 0 Å². The van der Waals surface area contributed by atoms with Crippen LogP contribution in [-0.4, -0.2) is 31.9 Å². The lowest BCUT2D eigenvalue weighted by atomic mass is 10.1. The summed E-state index contributed by atoms with van der Waals surface area (Å²) in [5.41, 5.74) is 1.94. The van der Waals surface area contributed by atoms with Crippen molar-refractivity contribution in [3.05, 3.63) is 75.7 Å². The number of tetrazole rings is 1. The highest BCUT2D eigenvalue weighted by molar-refractivity contribution is 5.95. The number of amides is 1. The van der Waals surface area contributed by atoms with Gasteiger partial charge in [0, 0.05) is 17.7 Å². The maximum atomic E-state index is 12.2. The summed E-state index contributed by atoms with van der Waals surface area (Å²) in [7, 11) is 0. The van der Waals surface area contributed by atoms with E-state index < -0.39 is 5.69 Å². The number of rotatable bonds is 5. The van der Waals surface area contributed by atoms with Gasteiger partial charge in [-0.15, -0.1) is 0 Å². The molecule has 0 radical (unpaired) electrons. The van der Waals surface area contributed by atoms with E-state index in [1.165, 1.54) is 6.92 Å². The van der Waals surface area contributed by atoms with E-state index in [-0.39, 0.29) is 11.7 Å². The molecule has 8 heteroatoms. The van der Waals surface area contributed by atoms with E-state index in [9.17, 15) is 14.4 Å². The van der Waals surface area contributed by atoms with Gasteiger partial charge in [0.15, 0.2) is 5.78 Å². The fourth-order valence-corrected chi connectivity index (χ4v) is 2.31. The van der Waals surface area contributed by atoms with Crippen LogP contribution in [0.15, 0.2) is 53.3 Å². The molecule has 2 aromatic carbocycles. The molecule has 3 aromatic rings. The minimum atomic E-state index is -0.456. The molecule has 0 aliphatic carbocycles. The van der Waals surface area contributed by atoms with Gasteiger partial charge < -0.3 is 5.32 Å². The third-order valence-electron chi connectivity index (χ3n) is 3.63. The van der Waals surface area contributed by atoms with Crippen molar-refractivity contribution in [1.82, 2.24) is 25.5 Å². The molecule has 0 aliphatic heterocycles. The SMILES string of the molecule is CC(=O)c1cccc(CNC(=O)c2ccc(-n3nn[nH]c3=O)cc2)c1. The molecule has 0 saturated heterocycles. The molecule has 3 rings (SSSR count). The van der Waals surface area contributed by atoms with Gasteiger partial charge in [0.25, 0.3) is 5.91 Å². The number of nitrogens with zero attached hydrogens (tertiary/aromatic N) is 3. The first-order chi connectivity index (χ1) is 12.0. The number of hydrogen-bond donors (Lipinski definition) is 2. The first-order valence-corrected chi connectivity index (χ1v) is 7.53. The highest BCUT2D eigenvalue weighted by atomic mass is 16.2. The summed E-state index contributed by atoms with van der Waals surface area (Å²) < 4.78 is 1.09. The Bertz CT molecular complexity index is 972. The molecule has 0 atom stereocenters. The first-order valence-electron chi connectivity index (χ1n) is 7.53. The van der Waals surface area contributed by atoms with Gasteiger partial charge in [-0.05, 0) is 53.2 Å².